The van der Waals surface area contributed by atoms with Gasteiger partial charge in [0.1, 0.15) is 0 Å². The van der Waals surface area contributed by atoms with E-state index < -0.39 is 0 Å². The van der Waals surface area contributed by atoms with E-state index in [-0.39, 0.29) is 5.91 Å². The van der Waals surface area contributed by atoms with Gasteiger partial charge in [0.25, 0.3) is 5.91 Å². The molecule has 2 heterocycles. The summed E-state index contributed by atoms with van der Waals surface area (Å²) in [5, 5.41) is 4.06. The molecule has 0 radical (unpaired) electrons. The fraction of sp³-hybridized carbons (Fsp3) is 0.111. The van der Waals surface area contributed by atoms with Crippen molar-refractivity contribution in [2.24, 2.45) is 7.05 Å². The van der Waals surface area contributed by atoms with Gasteiger partial charge >= 0.3 is 0 Å². The third-order valence-electron chi connectivity index (χ3n) is 4.06. The predicted octanol–water partition coefficient (Wildman–Crippen LogP) is 2.98. The van der Waals surface area contributed by atoms with Crippen molar-refractivity contribution in [3.63, 3.8) is 0 Å². The van der Waals surface area contributed by atoms with E-state index >= 15 is 0 Å². The van der Waals surface area contributed by atoms with Gasteiger partial charge in [-0.05, 0) is 41.3 Å². The average molecular weight is 304 g/mol. The van der Waals surface area contributed by atoms with Gasteiger partial charge in [-0.1, -0.05) is 12.1 Å². The van der Waals surface area contributed by atoms with Crippen molar-refractivity contribution in [3.05, 3.63) is 66.1 Å². The van der Waals surface area contributed by atoms with Gasteiger partial charge in [-0.3, -0.25) is 4.79 Å². The van der Waals surface area contributed by atoms with Crippen LogP contribution >= 0.6 is 0 Å². The van der Waals surface area contributed by atoms with Crippen LogP contribution in [0.4, 0.5) is 0 Å². The number of nitrogens with zero attached hydrogens (tertiary/aromatic N) is 2. The van der Waals surface area contributed by atoms with Crippen LogP contribution < -0.4 is 5.32 Å². The van der Waals surface area contributed by atoms with Crippen LogP contribution in [0.3, 0.4) is 0 Å². The summed E-state index contributed by atoms with van der Waals surface area (Å²) in [5.41, 5.74) is 4.67. The van der Waals surface area contributed by atoms with Gasteiger partial charge in [-0.2, -0.15) is 0 Å². The van der Waals surface area contributed by atoms with Crippen molar-refractivity contribution >= 4 is 27.8 Å². The molecule has 0 unspecified atom stereocenters. The molecule has 2 aromatic carbocycles. The Bertz CT molecular complexity index is 1010. The Morgan fingerprint density at radius 1 is 1.22 bits per heavy atom. The van der Waals surface area contributed by atoms with Gasteiger partial charge < -0.3 is 14.9 Å². The molecule has 2 N–H and O–H groups in total. The number of fused-ring (bicyclic) bond motifs is 2. The zero-order valence-electron chi connectivity index (χ0n) is 12.7. The molecule has 23 heavy (non-hydrogen) atoms. The number of rotatable bonds is 3. The van der Waals surface area contributed by atoms with Crippen LogP contribution in [0, 0.1) is 0 Å². The number of carbonyl (C=O) groups is 1. The quantitative estimate of drug-likeness (QED) is 0.611. The standard InChI is InChI=1S/C18H16N4O/c1-22-11-21-16-8-12(2-5-17(16)22)10-20-18(23)14-4-3-13-6-7-19-15(13)9-14/h2-9,11,19H,10H2,1H3,(H,20,23). The molecule has 5 nitrogen and oxygen atoms in total. The highest BCUT2D eigenvalue weighted by molar-refractivity contribution is 5.97. The third-order valence-corrected chi connectivity index (χ3v) is 4.06. The van der Waals surface area contributed by atoms with E-state index in [4.69, 9.17) is 0 Å². The SMILES string of the molecule is Cn1cnc2cc(CNC(=O)c3ccc4cc[nH]c4c3)ccc21. The number of aryl methyl sites for hydroxylation is 1. The zero-order chi connectivity index (χ0) is 15.8. The highest BCUT2D eigenvalue weighted by Crippen LogP contribution is 2.15. The maximum atomic E-state index is 12.3. The first-order valence-corrected chi connectivity index (χ1v) is 7.46. The van der Waals surface area contributed by atoms with Crippen LogP contribution in [0.15, 0.2) is 55.0 Å². The van der Waals surface area contributed by atoms with Gasteiger partial charge in [0.05, 0.1) is 17.4 Å². The Labute approximate surface area is 133 Å². The van der Waals surface area contributed by atoms with Crippen molar-refractivity contribution in [2.45, 2.75) is 6.54 Å². The smallest absolute Gasteiger partial charge is 0.251 e. The highest BCUT2D eigenvalue weighted by Gasteiger charge is 2.07. The molecule has 0 bridgehead atoms. The second-order valence-electron chi connectivity index (χ2n) is 5.64. The average Bonchev–Trinajstić information content (AvgIpc) is 3.18. The molecule has 1 amide bonds. The lowest BCUT2D eigenvalue weighted by Crippen LogP contribution is -2.22. The van der Waals surface area contributed by atoms with Crippen molar-refractivity contribution in [2.75, 3.05) is 0 Å². The van der Waals surface area contributed by atoms with E-state index in [0.717, 1.165) is 27.5 Å². The highest BCUT2D eigenvalue weighted by atomic mass is 16.1. The molecule has 0 spiro atoms. The first-order valence-electron chi connectivity index (χ1n) is 7.46. The van der Waals surface area contributed by atoms with Crippen LogP contribution in [0.2, 0.25) is 0 Å². The molecule has 0 saturated heterocycles. The predicted molar refractivity (Wildman–Crippen MR) is 90.2 cm³/mol. The molecule has 114 valence electrons. The number of amides is 1. The molecule has 0 aliphatic heterocycles. The van der Waals surface area contributed by atoms with Gasteiger partial charge in [-0.15, -0.1) is 0 Å². The van der Waals surface area contributed by atoms with Gasteiger partial charge in [-0.25, -0.2) is 4.98 Å². The summed E-state index contributed by atoms with van der Waals surface area (Å²) in [4.78, 5) is 19.8. The number of nitrogens with one attached hydrogen (secondary N) is 2. The van der Waals surface area contributed by atoms with Gasteiger partial charge in [0.2, 0.25) is 0 Å². The Morgan fingerprint density at radius 3 is 3.04 bits per heavy atom. The monoisotopic (exact) mass is 304 g/mol. The van der Waals surface area contributed by atoms with Crippen LogP contribution in [-0.2, 0) is 13.6 Å². The Hall–Kier alpha value is -3.08. The van der Waals surface area contributed by atoms with E-state index in [9.17, 15) is 4.79 Å². The number of hydrogen-bond acceptors (Lipinski definition) is 2. The van der Waals surface area contributed by atoms with Gasteiger partial charge in [0, 0.05) is 30.9 Å². The summed E-state index contributed by atoms with van der Waals surface area (Å²) < 4.78 is 1.98. The Kier molecular flexibility index (Phi) is 3.12. The summed E-state index contributed by atoms with van der Waals surface area (Å²) in [6.07, 6.45) is 3.66. The van der Waals surface area contributed by atoms with E-state index in [1.165, 1.54) is 0 Å². The van der Waals surface area contributed by atoms with E-state index in [1.54, 1.807) is 6.33 Å². The number of imidazole rings is 1. The number of hydrogen-bond donors (Lipinski definition) is 2. The molecule has 0 aliphatic carbocycles. The lowest BCUT2D eigenvalue weighted by Gasteiger charge is -2.06. The fourth-order valence-electron chi connectivity index (χ4n) is 2.77. The summed E-state index contributed by atoms with van der Waals surface area (Å²) >= 11 is 0. The lowest BCUT2D eigenvalue weighted by atomic mass is 10.1. The molecule has 0 aliphatic rings. The van der Waals surface area contributed by atoms with E-state index in [0.29, 0.717) is 12.1 Å². The minimum Gasteiger partial charge on any atom is -0.361 e. The largest absolute Gasteiger partial charge is 0.361 e. The molecule has 2 aromatic heterocycles. The minimum absolute atomic E-state index is 0.0809. The first-order chi connectivity index (χ1) is 11.2. The topological polar surface area (TPSA) is 62.7 Å². The number of aromatic amines is 1. The lowest BCUT2D eigenvalue weighted by molar-refractivity contribution is 0.0951. The summed E-state index contributed by atoms with van der Waals surface area (Å²) in [7, 11) is 1.97. The number of benzene rings is 2. The van der Waals surface area contributed by atoms with Crippen LogP contribution in [0.25, 0.3) is 21.9 Å². The Morgan fingerprint density at radius 2 is 2.13 bits per heavy atom. The Balaban J connectivity index is 1.51. The second kappa shape index (κ2) is 5.28. The number of H-pyrrole nitrogens is 1. The summed E-state index contributed by atoms with van der Waals surface area (Å²) in [5.74, 6) is -0.0809. The molecule has 5 heteroatoms. The summed E-state index contributed by atoms with van der Waals surface area (Å²) in [6.45, 7) is 0.480. The molecule has 0 saturated carbocycles. The van der Waals surface area contributed by atoms with Crippen LogP contribution in [0.5, 0.6) is 0 Å². The molecule has 0 atom stereocenters. The molecule has 4 rings (SSSR count). The minimum atomic E-state index is -0.0809. The number of aromatic nitrogens is 3. The summed E-state index contributed by atoms with van der Waals surface area (Å²) in [6, 6.07) is 13.7. The molecular weight excluding hydrogens is 288 g/mol. The van der Waals surface area contributed by atoms with Crippen molar-refractivity contribution < 1.29 is 4.79 Å². The number of carbonyl (C=O) groups excluding carboxylic acids is 1. The van der Waals surface area contributed by atoms with Crippen molar-refractivity contribution in [1.82, 2.24) is 19.9 Å². The molecule has 0 fully saturated rings. The first kappa shape index (κ1) is 13.6. The maximum absolute atomic E-state index is 12.3. The van der Waals surface area contributed by atoms with E-state index in [2.05, 4.69) is 15.3 Å². The van der Waals surface area contributed by atoms with Crippen LogP contribution in [0.1, 0.15) is 15.9 Å². The fourth-order valence-corrected chi connectivity index (χ4v) is 2.77. The van der Waals surface area contributed by atoms with Crippen molar-refractivity contribution in [1.29, 1.82) is 0 Å². The molecule has 4 aromatic rings. The van der Waals surface area contributed by atoms with Crippen molar-refractivity contribution in [3.8, 4) is 0 Å². The third kappa shape index (κ3) is 2.46. The van der Waals surface area contributed by atoms with Crippen LogP contribution in [-0.4, -0.2) is 20.4 Å². The van der Waals surface area contributed by atoms with Gasteiger partial charge in [0.15, 0.2) is 0 Å². The van der Waals surface area contributed by atoms with E-state index in [1.807, 2.05) is 60.3 Å². The zero-order valence-corrected chi connectivity index (χ0v) is 12.7. The molecular formula is C18H16N4O. The maximum Gasteiger partial charge on any atom is 0.251 e. The normalized spacial score (nSPS) is 11.2. The second-order valence-corrected chi connectivity index (χ2v) is 5.64.